The molecule has 0 spiro atoms. The molecule has 0 aliphatic carbocycles. The number of aliphatic hydroxyl groups is 1. The van der Waals surface area contributed by atoms with E-state index >= 15 is 0 Å². The fourth-order valence-corrected chi connectivity index (χ4v) is 1.25. The van der Waals surface area contributed by atoms with Crippen LogP contribution >= 0.6 is 22.6 Å². The molecule has 12 heavy (non-hydrogen) atoms. The lowest BCUT2D eigenvalue weighted by Gasteiger charge is -2.00. The van der Waals surface area contributed by atoms with Crippen LogP contribution in [0.2, 0.25) is 0 Å². The smallest absolute Gasteiger partial charge is 0.138 e. The lowest BCUT2D eigenvalue weighted by molar-refractivity contribution is 0.281. The number of nitrogens with zero attached hydrogens (tertiary/aromatic N) is 1. The summed E-state index contributed by atoms with van der Waals surface area (Å²) in [6.07, 6.45) is 0. The van der Waals surface area contributed by atoms with Gasteiger partial charge in [-0.15, -0.1) is 0 Å². The van der Waals surface area contributed by atoms with E-state index in [1.54, 1.807) is 22.6 Å². The molecule has 1 aromatic rings. The topological polar surface area (TPSA) is 44.0 Å². The van der Waals surface area contributed by atoms with Crippen LogP contribution in [0.1, 0.15) is 11.1 Å². The van der Waals surface area contributed by atoms with Crippen molar-refractivity contribution in [2.45, 2.75) is 6.61 Å². The molecule has 0 bridgehead atoms. The Morgan fingerprint density at radius 1 is 1.58 bits per heavy atom. The van der Waals surface area contributed by atoms with Crippen LogP contribution in [0.15, 0.2) is 12.1 Å². The monoisotopic (exact) mass is 277 g/mol. The molecule has 4 heteroatoms. The van der Waals surface area contributed by atoms with E-state index in [1.807, 2.05) is 6.07 Å². The predicted molar refractivity (Wildman–Crippen MR) is 49.8 cm³/mol. The van der Waals surface area contributed by atoms with Gasteiger partial charge in [-0.3, -0.25) is 0 Å². The number of nitriles is 1. The summed E-state index contributed by atoms with van der Waals surface area (Å²) in [5.41, 5.74) is 0.684. The third kappa shape index (κ3) is 1.73. The highest BCUT2D eigenvalue weighted by atomic mass is 127. The van der Waals surface area contributed by atoms with Crippen LogP contribution in [-0.4, -0.2) is 5.11 Å². The van der Waals surface area contributed by atoms with Crippen molar-refractivity contribution in [2.24, 2.45) is 0 Å². The molecule has 1 aromatic carbocycles. The Bertz CT molecular complexity index is 346. The third-order valence-corrected chi connectivity index (χ3v) is 2.49. The van der Waals surface area contributed by atoms with Gasteiger partial charge in [0, 0.05) is 0 Å². The van der Waals surface area contributed by atoms with Gasteiger partial charge < -0.3 is 5.11 Å². The lowest BCUT2D eigenvalue weighted by Crippen LogP contribution is -1.92. The Kier molecular flexibility index (Phi) is 3.00. The van der Waals surface area contributed by atoms with Crippen molar-refractivity contribution >= 4 is 22.6 Å². The van der Waals surface area contributed by atoms with Gasteiger partial charge in [-0.05, 0) is 40.3 Å². The first kappa shape index (κ1) is 9.42. The largest absolute Gasteiger partial charge is 0.392 e. The number of halogens is 2. The molecular formula is C8H5FINO. The summed E-state index contributed by atoms with van der Waals surface area (Å²) in [6.45, 7) is -0.248. The highest BCUT2D eigenvalue weighted by Gasteiger charge is 2.06. The Hall–Kier alpha value is -0.670. The molecule has 62 valence electrons. The van der Waals surface area contributed by atoms with Gasteiger partial charge in [0.1, 0.15) is 11.9 Å². The van der Waals surface area contributed by atoms with Crippen molar-refractivity contribution in [3.8, 4) is 6.07 Å². The number of aliphatic hydroxyl groups excluding tert-OH is 1. The van der Waals surface area contributed by atoms with Crippen LogP contribution in [0.4, 0.5) is 4.39 Å². The van der Waals surface area contributed by atoms with Crippen molar-refractivity contribution in [3.05, 3.63) is 32.6 Å². The summed E-state index contributed by atoms with van der Waals surface area (Å²) in [7, 11) is 0. The van der Waals surface area contributed by atoms with Gasteiger partial charge in [-0.2, -0.15) is 5.26 Å². The molecule has 0 aliphatic heterocycles. The van der Waals surface area contributed by atoms with Crippen molar-refractivity contribution in [1.29, 1.82) is 5.26 Å². The average Bonchev–Trinajstić information content (AvgIpc) is 2.09. The maximum atomic E-state index is 12.9. The van der Waals surface area contributed by atoms with Gasteiger partial charge >= 0.3 is 0 Å². The molecule has 0 atom stereocenters. The minimum absolute atomic E-state index is 0.248. The Morgan fingerprint density at radius 2 is 2.25 bits per heavy atom. The van der Waals surface area contributed by atoms with E-state index in [0.29, 0.717) is 9.13 Å². The second-order valence-electron chi connectivity index (χ2n) is 2.21. The van der Waals surface area contributed by atoms with E-state index in [-0.39, 0.29) is 12.2 Å². The normalized spacial score (nSPS) is 9.50. The van der Waals surface area contributed by atoms with Crippen molar-refractivity contribution in [2.75, 3.05) is 0 Å². The van der Waals surface area contributed by atoms with Gasteiger partial charge in [0.2, 0.25) is 0 Å². The molecule has 0 radical (unpaired) electrons. The fraction of sp³-hybridized carbons (Fsp3) is 0.125. The van der Waals surface area contributed by atoms with E-state index in [9.17, 15) is 4.39 Å². The van der Waals surface area contributed by atoms with E-state index in [1.165, 1.54) is 12.1 Å². The molecule has 2 nitrogen and oxygen atoms in total. The second-order valence-corrected chi connectivity index (χ2v) is 3.29. The average molecular weight is 277 g/mol. The first-order valence-corrected chi connectivity index (χ1v) is 4.25. The summed E-state index contributed by atoms with van der Waals surface area (Å²) in [6, 6.07) is 4.55. The minimum atomic E-state index is -0.460. The van der Waals surface area contributed by atoms with Crippen LogP contribution in [-0.2, 0) is 6.61 Å². The number of benzene rings is 1. The first-order valence-electron chi connectivity index (χ1n) is 3.18. The molecule has 0 saturated carbocycles. The van der Waals surface area contributed by atoms with Crippen LogP contribution < -0.4 is 0 Å². The number of hydrogen-bond acceptors (Lipinski definition) is 2. The van der Waals surface area contributed by atoms with Gasteiger partial charge in [-0.1, -0.05) is 0 Å². The zero-order chi connectivity index (χ0) is 9.14. The van der Waals surface area contributed by atoms with Crippen molar-refractivity contribution < 1.29 is 9.50 Å². The third-order valence-electron chi connectivity index (χ3n) is 1.39. The van der Waals surface area contributed by atoms with Crippen molar-refractivity contribution in [3.63, 3.8) is 0 Å². The molecule has 1 N–H and O–H groups in total. The maximum absolute atomic E-state index is 12.9. The maximum Gasteiger partial charge on any atom is 0.138 e. The zero-order valence-electron chi connectivity index (χ0n) is 6.01. The first-order chi connectivity index (χ1) is 5.69. The van der Waals surface area contributed by atoms with Gasteiger partial charge in [0.05, 0.1) is 15.7 Å². The second kappa shape index (κ2) is 3.83. The fourth-order valence-electron chi connectivity index (χ4n) is 0.818. The molecular weight excluding hydrogens is 272 g/mol. The summed E-state index contributed by atoms with van der Waals surface area (Å²) >= 11 is 1.76. The quantitative estimate of drug-likeness (QED) is 0.795. The van der Waals surface area contributed by atoms with Crippen LogP contribution in [0.3, 0.4) is 0 Å². The Morgan fingerprint density at radius 3 is 2.75 bits per heavy atom. The predicted octanol–water partition coefficient (Wildman–Crippen LogP) is 1.79. The molecule has 1 rings (SSSR count). The highest BCUT2D eigenvalue weighted by Crippen LogP contribution is 2.17. The zero-order valence-corrected chi connectivity index (χ0v) is 8.17. The lowest BCUT2D eigenvalue weighted by atomic mass is 10.1. The van der Waals surface area contributed by atoms with Crippen LogP contribution in [0, 0.1) is 20.7 Å². The van der Waals surface area contributed by atoms with E-state index in [4.69, 9.17) is 10.4 Å². The molecule has 0 heterocycles. The van der Waals surface area contributed by atoms with E-state index in [2.05, 4.69) is 0 Å². The SMILES string of the molecule is N#Cc1cc(CO)cc(F)c1I. The van der Waals surface area contributed by atoms with Gasteiger partial charge in [-0.25, -0.2) is 4.39 Å². The highest BCUT2D eigenvalue weighted by molar-refractivity contribution is 14.1. The summed E-state index contributed by atoms with van der Waals surface area (Å²) in [4.78, 5) is 0. The van der Waals surface area contributed by atoms with Gasteiger partial charge in [0.25, 0.3) is 0 Å². The van der Waals surface area contributed by atoms with E-state index < -0.39 is 5.82 Å². The molecule has 0 saturated heterocycles. The molecule has 0 unspecified atom stereocenters. The molecule has 0 amide bonds. The van der Waals surface area contributed by atoms with E-state index in [0.717, 1.165) is 0 Å². The van der Waals surface area contributed by atoms with Gasteiger partial charge in [0.15, 0.2) is 0 Å². The van der Waals surface area contributed by atoms with Crippen LogP contribution in [0.5, 0.6) is 0 Å². The van der Waals surface area contributed by atoms with Crippen LogP contribution in [0.25, 0.3) is 0 Å². The minimum Gasteiger partial charge on any atom is -0.392 e. The molecule has 0 fully saturated rings. The number of hydrogen-bond donors (Lipinski definition) is 1. The Balaban J connectivity index is 3.31. The molecule has 0 aromatic heterocycles. The standard InChI is InChI=1S/C8H5FINO/c9-7-2-5(4-12)1-6(3-11)8(7)10/h1-2,12H,4H2. The summed E-state index contributed by atoms with van der Waals surface area (Å²) in [5.74, 6) is -0.460. The Labute approximate surface area is 82.8 Å². The van der Waals surface area contributed by atoms with Crippen molar-refractivity contribution in [1.82, 2.24) is 0 Å². The summed E-state index contributed by atoms with van der Waals surface area (Å²) in [5, 5.41) is 17.3. The number of rotatable bonds is 1. The molecule has 0 aliphatic rings. The summed E-state index contributed by atoms with van der Waals surface area (Å²) < 4.78 is 13.2.